The Hall–Kier alpha value is -0.990. The predicted molar refractivity (Wildman–Crippen MR) is 70.3 cm³/mol. The third kappa shape index (κ3) is 1.96. The molecule has 94 valence electrons. The van der Waals surface area contributed by atoms with E-state index in [0.717, 1.165) is 18.9 Å². The summed E-state index contributed by atoms with van der Waals surface area (Å²) in [5.74, 6) is 2.17. The van der Waals surface area contributed by atoms with Gasteiger partial charge in [-0.25, -0.2) is 4.68 Å². The molecule has 1 N–H and O–H groups in total. The van der Waals surface area contributed by atoms with Gasteiger partial charge in [-0.3, -0.25) is 0 Å². The number of anilines is 1. The highest BCUT2D eigenvalue weighted by Gasteiger charge is 2.30. The van der Waals surface area contributed by atoms with Crippen molar-refractivity contribution in [1.82, 2.24) is 9.78 Å². The van der Waals surface area contributed by atoms with Gasteiger partial charge in [-0.1, -0.05) is 26.2 Å². The molecule has 3 rings (SSSR count). The Bertz CT molecular complexity index is 377. The lowest BCUT2D eigenvalue weighted by Gasteiger charge is -2.34. The Kier molecular flexibility index (Phi) is 3.08. The molecule has 17 heavy (non-hydrogen) atoms. The summed E-state index contributed by atoms with van der Waals surface area (Å²) in [5, 5.41) is 8.17. The van der Waals surface area contributed by atoms with E-state index in [1.54, 1.807) is 0 Å². The molecule has 1 aliphatic carbocycles. The number of hydrogen-bond donors (Lipinski definition) is 1. The Balaban J connectivity index is 1.85. The summed E-state index contributed by atoms with van der Waals surface area (Å²) in [7, 11) is 0. The van der Waals surface area contributed by atoms with Crippen LogP contribution in [0.2, 0.25) is 0 Å². The summed E-state index contributed by atoms with van der Waals surface area (Å²) in [6.45, 7) is 3.34. The zero-order chi connectivity index (χ0) is 11.7. The third-order valence-electron chi connectivity index (χ3n) is 4.49. The number of nitrogens with zero attached hydrogens (tertiary/aromatic N) is 2. The second kappa shape index (κ2) is 4.71. The van der Waals surface area contributed by atoms with E-state index in [9.17, 15) is 0 Å². The molecule has 1 aromatic rings. The fraction of sp³-hybridized carbons (Fsp3) is 0.786. The Morgan fingerprint density at radius 2 is 2.12 bits per heavy atom. The van der Waals surface area contributed by atoms with Crippen molar-refractivity contribution in [3.63, 3.8) is 0 Å². The van der Waals surface area contributed by atoms with E-state index in [1.807, 2.05) is 0 Å². The van der Waals surface area contributed by atoms with Crippen molar-refractivity contribution in [3.8, 4) is 0 Å². The number of fused-ring (bicyclic) bond motifs is 1. The van der Waals surface area contributed by atoms with Gasteiger partial charge in [-0.05, 0) is 31.6 Å². The highest BCUT2D eigenvalue weighted by molar-refractivity contribution is 5.45. The van der Waals surface area contributed by atoms with Crippen LogP contribution in [0.25, 0.3) is 0 Å². The number of hydrogen-bond acceptors (Lipinski definition) is 2. The minimum atomic E-state index is 0.659. The van der Waals surface area contributed by atoms with Gasteiger partial charge in [0.25, 0.3) is 0 Å². The first-order valence-electron chi connectivity index (χ1n) is 7.20. The lowest BCUT2D eigenvalue weighted by atomic mass is 9.82. The van der Waals surface area contributed by atoms with Gasteiger partial charge < -0.3 is 5.32 Å². The van der Waals surface area contributed by atoms with Crippen LogP contribution in [0.1, 0.15) is 57.1 Å². The summed E-state index contributed by atoms with van der Waals surface area (Å²) in [4.78, 5) is 0. The molecule has 2 heterocycles. The molecule has 0 saturated heterocycles. The van der Waals surface area contributed by atoms with Crippen LogP contribution in [0, 0.1) is 5.92 Å². The molecular weight excluding hydrogens is 210 g/mol. The second-order valence-electron chi connectivity index (χ2n) is 5.50. The first-order chi connectivity index (χ1) is 8.40. The second-order valence-corrected chi connectivity index (χ2v) is 5.50. The SMILES string of the molecule is CCc1cnn2c1NCCC2C1CCCCC1. The van der Waals surface area contributed by atoms with Crippen molar-refractivity contribution in [2.45, 2.75) is 57.9 Å². The van der Waals surface area contributed by atoms with Gasteiger partial charge in [-0.15, -0.1) is 0 Å². The molecule has 1 atom stereocenters. The monoisotopic (exact) mass is 233 g/mol. The van der Waals surface area contributed by atoms with E-state index >= 15 is 0 Å². The molecule has 0 bridgehead atoms. The Morgan fingerprint density at radius 1 is 1.29 bits per heavy atom. The van der Waals surface area contributed by atoms with E-state index < -0.39 is 0 Å². The highest BCUT2D eigenvalue weighted by Crippen LogP contribution is 2.38. The van der Waals surface area contributed by atoms with Crippen molar-refractivity contribution in [3.05, 3.63) is 11.8 Å². The lowest BCUT2D eigenvalue weighted by molar-refractivity contribution is 0.222. The smallest absolute Gasteiger partial charge is 0.127 e. The van der Waals surface area contributed by atoms with Gasteiger partial charge >= 0.3 is 0 Å². The highest BCUT2D eigenvalue weighted by atomic mass is 15.4. The van der Waals surface area contributed by atoms with Gasteiger partial charge in [0.15, 0.2) is 0 Å². The standard InChI is InChI=1S/C14H23N3/c1-2-11-10-16-17-13(8-9-15-14(11)17)12-6-4-3-5-7-12/h10,12-13,15H,2-9H2,1H3. The average molecular weight is 233 g/mol. The van der Waals surface area contributed by atoms with E-state index in [0.29, 0.717) is 6.04 Å². The van der Waals surface area contributed by atoms with Crippen molar-refractivity contribution >= 4 is 5.82 Å². The number of nitrogens with one attached hydrogen (secondary N) is 1. The normalized spacial score (nSPS) is 25.4. The van der Waals surface area contributed by atoms with E-state index in [-0.39, 0.29) is 0 Å². The van der Waals surface area contributed by atoms with Crippen LogP contribution in [0.4, 0.5) is 5.82 Å². The van der Waals surface area contributed by atoms with Gasteiger partial charge in [0.2, 0.25) is 0 Å². The van der Waals surface area contributed by atoms with Crippen LogP contribution in [-0.4, -0.2) is 16.3 Å². The van der Waals surface area contributed by atoms with Crippen LogP contribution in [0.5, 0.6) is 0 Å². The maximum Gasteiger partial charge on any atom is 0.127 e. The van der Waals surface area contributed by atoms with Gasteiger partial charge in [-0.2, -0.15) is 5.10 Å². The topological polar surface area (TPSA) is 29.9 Å². The minimum Gasteiger partial charge on any atom is -0.370 e. The molecule has 1 aromatic heterocycles. The molecule has 1 unspecified atom stereocenters. The van der Waals surface area contributed by atoms with Gasteiger partial charge in [0.1, 0.15) is 5.82 Å². The molecular formula is C14H23N3. The summed E-state index contributed by atoms with van der Waals surface area (Å²) < 4.78 is 2.29. The fourth-order valence-electron chi connectivity index (χ4n) is 3.52. The summed E-state index contributed by atoms with van der Waals surface area (Å²) in [6, 6.07) is 0.659. The molecule has 1 aliphatic heterocycles. The van der Waals surface area contributed by atoms with Crippen molar-refractivity contribution in [1.29, 1.82) is 0 Å². The van der Waals surface area contributed by atoms with E-state index in [4.69, 9.17) is 0 Å². The number of aromatic nitrogens is 2. The molecule has 0 radical (unpaired) electrons. The maximum absolute atomic E-state index is 4.64. The Morgan fingerprint density at radius 3 is 2.88 bits per heavy atom. The largest absolute Gasteiger partial charge is 0.370 e. The molecule has 3 heteroatoms. The van der Waals surface area contributed by atoms with E-state index in [2.05, 4.69) is 28.2 Å². The molecule has 0 amide bonds. The summed E-state index contributed by atoms with van der Waals surface area (Å²) in [5.41, 5.74) is 1.38. The van der Waals surface area contributed by atoms with Crippen LogP contribution in [0.3, 0.4) is 0 Å². The summed E-state index contributed by atoms with van der Waals surface area (Å²) in [6.07, 6.45) is 11.5. The zero-order valence-electron chi connectivity index (χ0n) is 10.8. The summed E-state index contributed by atoms with van der Waals surface area (Å²) >= 11 is 0. The number of aryl methyl sites for hydroxylation is 1. The third-order valence-corrected chi connectivity index (χ3v) is 4.49. The lowest BCUT2D eigenvalue weighted by Crippen LogP contribution is -2.30. The van der Waals surface area contributed by atoms with Crippen LogP contribution in [0.15, 0.2) is 6.20 Å². The molecule has 2 aliphatic rings. The quantitative estimate of drug-likeness (QED) is 0.848. The maximum atomic E-state index is 4.64. The van der Waals surface area contributed by atoms with Crippen molar-refractivity contribution < 1.29 is 0 Å². The van der Waals surface area contributed by atoms with Gasteiger partial charge in [0, 0.05) is 12.1 Å². The van der Waals surface area contributed by atoms with E-state index in [1.165, 1.54) is 49.9 Å². The molecule has 3 nitrogen and oxygen atoms in total. The molecule has 1 fully saturated rings. The first kappa shape index (κ1) is 11.1. The van der Waals surface area contributed by atoms with Crippen LogP contribution < -0.4 is 5.32 Å². The molecule has 1 saturated carbocycles. The van der Waals surface area contributed by atoms with Crippen LogP contribution in [-0.2, 0) is 6.42 Å². The number of rotatable bonds is 2. The zero-order valence-corrected chi connectivity index (χ0v) is 10.8. The average Bonchev–Trinajstić information content (AvgIpc) is 2.82. The predicted octanol–water partition coefficient (Wildman–Crippen LogP) is 3.38. The van der Waals surface area contributed by atoms with Crippen LogP contribution >= 0.6 is 0 Å². The fourth-order valence-corrected chi connectivity index (χ4v) is 3.52. The molecule has 0 spiro atoms. The molecule has 0 aromatic carbocycles. The van der Waals surface area contributed by atoms with Crippen molar-refractivity contribution in [2.24, 2.45) is 5.92 Å². The van der Waals surface area contributed by atoms with Crippen molar-refractivity contribution in [2.75, 3.05) is 11.9 Å². The van der Waals surface area contributed by atoms with Gasteiger partial charge in [0.05, 0.1) is 12.2 Å². The first-order valence-corrected chi connectivity index (χ1v) is 7.20. The minimum absolute atomic E-state index is 0.659. The Labute approximate surface area is 104 Å².